The Morgan fingerprint density at radius 2 is 2.07 bits per heavy atom. The second-order valence-electron chi connectivity index (χ2n) is 13.3. The Morgan fingerprint density at radius 1 is 1.20 bits per heavy atom. The number of nitrogens with zero attached hydrogens (tertiary/aromatic N) is 3. The van der Waals surface area contributed by atoms with E-state index in [0.717, 1.165) is 86.5 Å². The molecule has 248 valence electrons. The van der Waals surface area contributed by atoms with Crippen LogP contribution in [0.3, 0.4) is 0 Å². The Hall–Kier alpha value is -2.95. The monoisotopic (exact) mass is 668 g/mol. The van der Waals surface area contributed by atoms with Crippen molar-refractivity contribution in [1.29, 1.82) is 0 Å². The Balaban J connectivity index is 1.41. The van der Waals surface area contributed by atoms with Crippen molar-refractivity contribution in [2.45, 2.75) is 76.2 Å². The van der Waals surface area contributed by atoms with Crippen molar-refractivity contribution in [3.05, 3.63) is 58.1 Å². The van der Waals surface area contributed by atoms with E-state index in [1.54, 1.807) is 13.0 Å². The molecule has 46 heavy (non-hydrogen) atoms. The minimum Gasteiger partial charge on any atom is -0.490 e. The molecular formula is C35H45ClN4O5S. The number of anilines is 1. The first-order valence-electron chi connectivity index (χ1n) is 16.7. The lowest BCUT2D eigenvalue weighted by Gasteiger charge is -2.46. The zero-order chi connectivity index (χ0) is 32.3. The molecule has 9 nitrogen and oxygen atoms in total. The molecule has 1 fully saturated rings. The first kappa shape index (κ1) is 33.0. The van der Waals surface area contributed by atoms with Crippen LogP contribution in [0.15, 0.2) is 45.8 Å². The van der Waals surface area contributed by atoms with Crippen molar-refractivity contribution < 1.29 is 23.3 Å². The molecule has 2 aliphatic heterocycles. The Morgan fingerprint density at radius 3 is 2.85 bits per heavy atom. The third kappa shape index (κ3) is 6.99. The molecule has 0 radical (unpaired) electrons. The molecule has 0 saturated heterocycles. The second kappa shape index (κ2) is 14.0. The Bertz CT molecular complexity index is 1620. The highest BCUT2D eigenvalue weighted by Gasteiger charge is 2.44. The Labute approximate surface area is 277 Å². The number of benzene rings is 2. The number of rotatable bonds is 3. The lowest BCUT2D eigenvalue weighted by Crippen LogP contribution is -2.49. The second-order valence-corrected chi connectivity index (χ2v) is 15.9. The molecular weight excluding hydrogens is 624 g/mol. The summed E-state index contributed by atoms with van der Waals surface area (Å²) in [6, 6.07) is 11.0. The zero-order valence-electron chi connectivity index (χ0n) is 26.8. The summed E-state index contributed by atoms with van der Waals surface area (Å²) >= 11 is 6.43. The molecule has 5 atom stereocenters. The fraction of sp³-hybridized carbons (Fsp3) is 0.571. The maximum Gasteiger partial charge on any atom is 0.341 e. The average Bonchev–Trinajstić information content (AvgIpc) is 3.18. The van der Waals surface area contributed by atoms with Crippen LogP contribution in [0.2, 0.25) is 5.02 Å². The van der Waals surface area contributed by atoms with Crippen LogP contribution in [0.5, 0.6) is 5.75 Å². The quantitative estimate of drug-likeness (QED) is 0.285. The maximum absolute atomic E-state index is 14.0. The number of aliphatic imine (C=N–C) groups is 1. The molecule has 2 aliphatic carbocycles. The van der Waals surface area contributed by atoms with Gasteiger partial charge in [0, 0.05) is 48.5 Å². The van der Waals surface area contributed by atoms with E-state index >= 15 is 0 Å². The van der Waals surface area contributed by atoms with Gasteiger partial charge in [0.25, 0.3) is 5.91 Å². The van der Waals surface area contributed by atoms with E-state index in [1.807, 2.05) is 25.3 Å². The molecule has 11 heteroatoms. The van der Waals surface area contributed by atoms with Gasteiger partial charge in [-0.2, -0.15) is 9.36 Å². The third-order valence-electron chi connectivity index (χ3n) is 10.3. The number of carbonyl (C=O) groups is 2. The molecule has 1 spiro atoms. The van der Waals surface area contributed by atoms with Crippen LogP contribution >= 0.6 is 11.6 Å². The van der Waals surface area contributed by atoms with Gasteiger partial charge in [-0.25, -0.2) is 9.00 Å². The largest absolute Gasteiger partial charge is 0.490 e. The number of nitrogens with one attached hydrogen (secondary N) is 1. The number of hydrogen-bond acceptors (Lipinski definition) is 6. The average molecular weight is 669 g/mol. The first-order valence-corrected chi connectivity index (χ1v) is 18.8. The molecule has 0 aromatic heterocycles. The van der Waals surface area contributed by atoms with Crippen LogP contribution in [0.1, 0.15) is 79.8 Å². The summed E-state index contributed by atoms with van der Waals surface area (Å²) in [5.74, 6) is 1.21. The predicted octanol–water partition coefficient (Wildman–Crippen LogP) is 6.79. The van der Waals surface area contributed by atoms with E-state index in [4.69, 9.17) is 21.1 Å². The van der Waals surface area contributed by atoms with E-state index < -0.39 is 21.7 Å². The number of amides is 3. The van der Waals surface area contributed by atoms with Gasteiger partial charge in [-0.05, 0) is 105 Å². The van der Waals surface area contributed by atoms with Gasteiger partial charge < -0.3 is 19.7 Å². The minimum atomic E-state index is -3.22. The van der Waals surface area contributed by atoms with E-state index in [-0.39, 0.29) is 17.3 Å². The van der Waals surface area contributed by atoms with Gasteiger partial charge in [0.15, 0.2) is 0 Å². The molecule has 6 rings (SSSR count). The molecule has 2 bridgehead atoms. The third-order valence-corrected chi connectivity index (χ3v) is 12.3. The number of hydrogen-bond donors (Lipinski definition) is 1. The van der Waals surface area contributed by atoms with Crippen molar-refractivity contribution in [2.75, 3.05) is 44.0 Å². The van der Waals surface area contributed by atoms with E-state index in [0.29, 0.717) is 37.0 Å². The highest BCUT2D eigenvalue weighted by Crippen LogP contribution is 2.47. The van der Waals surface area contributed by atoms with Crippen LogP contribution in [0, 0.1) is 11.8 Å². The molecule has 4 aliphatic rings. The number of methoxy groups -OCH3 is 1. The maximum atomic E-state index is 14.0. The molecule has 1 saturated carbocycles. The minimum absolute atomic E-state index is 0.150. The van der Waals surface area contributed by atoms with Gasteiger partial charge in [-0.3, -0.25) is 4.79 Å². The Kier molecular flexibility index (Phi) is 10.1. The predicted molar refractivity (Wildman–Crippen MR) is 183 cm³/mol. The van der Waals surface area contributed by atoms with E-state index in [9.17, 15) is 13.8 Å². The summed E-state index contributed by atoms with van der Waals surface area (Å²) in [5, 5.41) is 3.32. The van der Waals surface area contributed by atoms with Crippen LogP contribution in [-0.4, -0.2) is 66.9 Å². The van der Waals surface area contributed by atoms with Gasteiger partial charge in [0.05, 0.1) is 28.1 Å². The molecule has 2 heterocycles. The number of aryl methyl sites for hydroxylation is 1. The summed E-state index contributed by atoms with van der Waals surface area (Å²) in [5.41, 5.74) is 4.61. The smallest absolute Gasteiger partial charge is 0.341 e. The summed E-state index contributed by atoms with van der Waals surface area (Å²) in [6.45, 7) is 4.28. The van der Waals surface area contributed by atoms with Crippen molar-refractivity contribution >= 4 is 44.5 Å². The topological polar surface area (TPSA) is 110 Å². The van der Waals surface area contributed by atoms with Crippen LogP contribution < -0.4 is 15.0 Å². The highest BCUT2D eigenvalue weighted by atomic mass is 35.5. The highest BCUT2D eigenvalue weighted by molar-refractivity contribution is 8.06. The van der Waals surface area contributed by atoms with Crippen LogP contribution in [-0.2, 0) is 26.3 Å². The van der Waals surface area contributed by atoms with Crippen molar-refractivity contribution in [3.63, 3.8) is 0 Å². The summed E-state index contributed by atoms with van der Waals surface area (Å²) in [4.78, 5) is 32.0. The number of urea groups is 1. The van der Waals surface area contributed by atoms with Crippen molar-refractivity contribution in [1.82, 2.24) is 5.32 Å². The molecule has 2 aromatic rings. The summed E-state index contributed by atoms with van der Waals surface area (Å²) in [6.07, 6.45) is 8.72. The van der Waals surface area contributed by atoms with Crippen LogP contribution in [0.4, 0.5) is 10.5 Å². The summed E-state index contributed by atoms with van der Waals surface area (Å²) < 4.78 is 30.9. The fourth-order valence-electron chi connectivity index (χ4n) is 7.82. The zero-order valence-corrected chi connectivity index (χ0v) is 28.4. The lowest BCUT2D eigenvalue weighted by atomic mass is 9.68. The molecule has 1 unspecified atom stereocenters. The van der Waals surface area contributed by atoms with E-state index in [1.165, 1.54) is 11.1 Å². The molecule has 3 amide bonds. The van der Waals surface area contributed by atoms with Gasteiger partial charge in [0.2, 0.25) is 0 Å². The SMILES string of the molecule is CCNC(=O)N=CS1(=O)=NC(=O)c2ccc3c(c2)N(C[C@@H]2CC[C@H]2[C@@H](OC)CCCCC1)C[C@@]1(CCCc2cc(Cl)ccc21)CO3. The number of carbonyl (C=O) groups excluding carboxylic acids is 2. The standard InChI is InChI=1S/C35H45ClN4O5S/c1-3-37-34(42)38-23-46(43)17-6-4-5-9-31(44-2)28-13-10-26(28)20-40-21-35(16-7-8-24-18-27(36)12-14-29(24)35)22-45-32-15-11-25(19-30(32)40)33(41)39-46/h11-12,14-15,18-19,23,26,28,31H,3-10,13,16-17,20-22H2,1-2H3,(H,37,42)/t26-,28+,31-,35-,46?/m0/s1. The van der Waals surface area contributed by atoms with Crippen molar-refractivity contribution in [2.24, 2.45) is 21.2 Å². The normalized spacial score (nSPS) is 29.9. The first-order chi connectivity index (χ1) is 22.2. The van der Waals surface area contributed by atoms with Gasteiger partial charge in [-0.15, -0.1) is 0 Å². The molecule has 2 aromatic carbocycles. The van der Waals surface area contributed by atoms with Gasteiger partial charge in [-0.1, -0.05) is 30.5 Å². The number of ether oxygens (including phenoxy) is 2. The van der Waals surface area contributed by atoms with Crippen LogP contribution in [0.25, 0.3) is 0 Å². The van der Waals surface area contributed by atoms with Crippen molar-refractivity contribution in [3.8, 4) is 5.75 Å². The number of fused-ring (bicyclic) bond motifs is 4. The summed E-state index contributed by atoms with van der Waals surface area (Å²) in [7, 11) is -1.41. The lowest BCUT2D eigenvalue weighted by molar-refractivity contribution is -0.0220. The van der Waals surface area contributed by atoms with Gasteiger partial charge >= 0.3 is 6.03 Å². The number of halogens is 1. The van der Waals surface area contributed by atoms with E-state index in [2.05, 4.69) is 31.7 Å². The molecule has 1 N–H and O–H groups in total. The fourth-order valence-corrected chi connectivity index (χ4v) is 9.52. The van der Waals surface area contributed by atoms with Gasteiger partial charge in [0.1, 0.15) is 11.3 Å².